The minimum absolute atomic E-state index is 0.0543. The number of carbonyl (C=O) groups is 1. The summed E-state index contributed by atoms with van der Waals surface area (Å²) in [6.07, 6.45) is 0. The molecule has 18 heavy (non-hydrogen) atoms. The van der Waals surface area contributed by atoms with Crippen molar-refractivity contribution in [1.29, 1.82) is 0 Å². The van der Waals surface area contributed by atoms with Crippen LogP contribution in [0.2, 0.25) is 34.8 Å². The van der Waals surface area contributed by atoms with E-state index in [0.717, 1.165) is 0 Å². The van der Waals surface area contributed by atoms with Crippen LogP contribution in [-0.4, -0.2) is 25.9 Å². The lowest BCUT2D eigenvalue weighted by atomic mass is 10.5. The van der Waals surface area contributed by atoms with Gasteiger partial charge in [0.2, 0.25) is 14.2 Å². The normalized spacial score (nSPS) is 11.2. The summed E-state index contributed by atoms with van der Waals surface area (Å²) < 4.78 is 10.3. The summed E-state index contributed by atoms with van der Waals surface area (Å²) in [5, 5.41) is 0.471. The lowest BCUT2D eigenvalue weighted by Gasteiger charge is -2.17. The van der Waals surface area contributed by atoms with E-state index in [9.17, 15) is 4.79 Å². The predicted octanol–water partition coefficient (Wildman–Crippen LogP) is 3.80. The number of aromatic nitrogens is 1. The first-order valence-electron chi connectivity index (χ1n) is 5.05. The lowest BCUT2D eigenvalue weighted by Crippen LogP contribution is -2.31. The Morgan fingerprint density at radius 2 is 1.89 bits per heavy atom. The van der Waals surface area contributed by atoms with Crippen LogP contribution in [0.1, 0.15) is 0 Å². The summed E-state index contributed by atoms with van der Waals surface area (Å²) in [6, 6.07) is 1.40. The number of hydrogen-bond acceptors (Lipinski definition) is 4. The van der Waals surface area contributed by atoms with Gasteiger partial charge in [-0.15, -0.1) is 0 Å². The number of ether oxygens (including phenoxy) is 1. The van der Waals surface area contributed by atoms with Crippen LogP contribution in [0.4, 0.5) is 0 Å². The van der Waals surface area contributed by atoms with Gasteiger partial charge in [0.25, 0.3) is 0 Å². The number of rotatable bonds is 4. The second-order valence-corrected chi connectivity index (χ2v) is 10.0. The third-order valence-corrected chi connectivity index (χ3v) is 3.39. The maximum atomic E-state index is 11.5. The molecule has 1 rings (SSSR count). The molecule has 0 amide bonds. The summed E-state index contributed by atoms with van der Waals surface area (Å²) in [5.41, 5.74) is 0. The smallest absolute Gasteiger partial charge is 0.330 e. The molecule has 0 saturated carbocycles. The van der Waals surface area contributed by atoms with E-state index in [4.69, 9.17) is 44.0 Å². The molecule has 0 bridgehead atoms. The van der Waals surface area contributed by atoms with Gasteiger partial charge >= 0.3 is 5.97 Å². The van der Waals surface area contributed by atoms with Crippen LogP contribution in [0, 0.1) is 0 Å². The fourth-order valence-corrected chi connectivity index (χ4v) is 2.31. The molecular weight excluding hydrogens is 317 g/mol. The van der Waals surface area contributed by atoms with Crippen molar-refractivity contribution in [3.05, 3.63) is 21.3 Å². The van der Waals surface area contributed by atoms with Crippen molar-refractivity contribution in [3.8, 4) is 5.88 Å². The average Bonchev–Trinajstić information content (AvgIpc) is 2.19. The SMILES string of the molecule is C[Si](C)(C)OC(=O)COc1nc(Cl)c(Cl)cc1Cl. The zero-order valence-corrected chi connectivity index (χ0v) is 13.4. The van der Waals surface area contributed by atoms with Gasteiger partial charge in [-0.05, 0) is 25.7 Å². The quantitative estimate of drug-likeness (QED) is 0.623. The molecule has 0 saturated heterocycles. The highest BCUT2D eigenvalue weighted by Crippen LogP contribution is 2.30. The molecule has 1 aromatic heterocycles. The lowest BCUT2D eigenvalue weighted by molar-refractivity contribution is -0.137. The van der Waals surface area contributed by atoms with Gasteiger partial charge in [-0.25, -0.2) is 4.79 Å². The molecule has 4 nitrogen and oxygen atoms in total. The molecule has 0 unspecified atom stereocenters. The van der Waals surface area contributed by atoms with Crippen LogP contribution in [0.3, 0.4) is 0 Å². The third kappa shape index (κ3) is 5.02. The number of hydrogen-bond donors (Lipinski definition) is 0. The molecule has 0 radical (unpaired) electrons. The molecule has 1 aromatic rings. The van der Waals surface area contributed by atoms with Crippen molar-refractivity contribution in [1.82, 2.24) is 4.98 Å². The molecule has 0 aromatic carbocycles. The summed E-state index contributed by atoms with van der Waals surface area (Å²) in [5.74, 6) is -0.406. The van der Waals surface area contributed by atoms with E-state index < -0.39 is 14.3 Å². The molecule has 8 heteroatoms. The molecule has 0 fully saturated rings. The van der Waals surface area contributed by atoms with Gasteiger partial charge in [0, 0.05) is 0 Å². The first-order chi connectivity index (χ1) is 8.19. The van der Waals surface area contributed by atoms with Gasteiger partial charge in [-0.1, -0.05) is 34.8 Å². The Kier molecular flexibility index (Phi) is 5.28. The monoisotopic (exact) mass is 327 g/mol. The fraction of sp³-hybridized carbons (Fsp3) is 0.400. The number of pyridine rings is 1. The minimum atomic E-state index is -1.92. The molecule has 0 aliphatic heterocycles. The van der Waals surface area contributed by atoms with Crippen LogP contribution in [-0.2, 0) is 9.22 Å². The highest BCUT2D eigenvalue weighted by Gasteiger charge is 2.20. The third-order valence-electron chi connectivity index (χ3n) is 1.60. The van der Waals surface area contributed by atoms with Gasteiger partial charge in [0.05, 0.1) is 5.02 Å². The van der Waals surface area contributed by atoms with E-state index in [1.54, 1.807) is 0 Å². The maximum Gasteiger partial charge on any atom is 0.330 e. The van der Waals surface area contributed by atoms with E-state index in [0.29, 0.717) is 0 Å². The molecule has 0 spiro atoms. The summed E-state index contributed by atoms with van der Waals surface area (Å²) in [7, 11) is -1.92. The van der Waals surface area contributed by atoms with Gasteiger partial charge in [0.1, 0.15) is 5.02 Å². The highest BCUT2D eigenvalue weighted by atomic mass is 35.5. The Balaban J connectivity index is 2.64. The van der Waals surface area contributed by atoms with Crippen molar-refractivity contribution in [2.75, 3.05) is 6.61 Å². The van der Waals surface area contributed by atoms with Gasteiger partial charge in [-0.3, -0.25) is 0 Å². The number of halogens is 3. The van der Waals surface area contributed by atoms with Crippen LogP contribution in [0.15, 0.2) is 6.07 Å². The zero-order chi connectivity index (χ0) is 13.9. The molecule has 100 valence electrons. The largest absolute Gasteiger partial charge is 0.517 e. The summed E-state index contributed by atoms with van der Waals surface area (Å²) in [6.45, 7) is 5.43. The number of carbonyl (C=O) groups excluding carboxylic acids is 1. The van der Waals surface area contributed by atoms with Gasteiger partial charge in [0.15, 0.2) is 11.8 Å². The van der Waals surface area contributed by atoms with Crippen LogP contribution in [0.5, 0.6) is 5.88 Å². The van der Waals surface area contributed by atoms with Crippen LogP contribution < -0.4 is 4.74 Å². The molecule has 0 aliphatic carbocycles. The summed E-state index contributed by atoms with van der Waals surface area (Å²) in [4.78, 5) is 15.3. The molecule has 0 aliphatic rings. The van der Waals surface area contributed by atoms with Crippen molar-refractivity contribution in [2.24, 2.45) is 0 Å². The van der Waals surface area contributed by atoms with E-state index in [1.807, 2.05) is 19.6 Å². The van der Waals surface area contributed by atoms with E-state index in [-0.39, 0.29) is 27.7 Å². The van der Waals surface area contributed by atoms with Crippen LogP contribution >= 0.6 is 34.8 Å². The first kappa shape index (κ1) is 15.6. The first-order valence-corrected chi connectivity index (χ1v) is 9.59. The molecule has 1 heterocycles. The molecule has 0 N–H and O–H groups in total. The van der Waals surface area contributed by atoms with Crippen molar-refractivity contribution >= 4 is 49.1 Å². The Hall–Kier alpha value is -0.493. The second-order valence-electron chi connectivity index (χ2n) is 4.42. The highest BCUT2D eigenvalue weighted by molar-refractivity contribution is 6.71. The Bertz CT molecular complexity index is 462. The Morgan fingerprint density at radius 3 is 2.44 bits per heavy atom. The minimum Gasteiger partial charge on any atom is -0.517 e. The second kappa shape index (κ2) is 6.10. The average molecular weight is 329 g/mol. The topological polar surface area (TPSA) is 48.4 Å². The summed E-state index contributed by atoms with van der Waals surface area (Å²) >= 11 is 17.3. The molecular formula is C10H12Cl3NO3Si. The van der Waals surface area contributed by atoms with Crippen molar-refractivity contribution in [2.45, 2.75) is 19.6 Å². The van der Waals surface area contributed by atoms with Gasteiger partial charge < -0.3 is 9.16 Å². The van der Waals surface area contributed by atoms with E-state index in [2.05, 4.69) is 4.98 Å². The number of nitrogens with zero attached hydrogens (tertiary/aromatic N) is 1. The van der Waals surface area contributed by atoms with Crippen molar-refractivity contribution in [3.63, 3.8) is 0 Å². The van der Waals surface area contributed by atoms with Gasteiger partial charge in [-0.2, -0.15) is 4.98 Å². The van der Waals surface area contributed by atoms with E-state index >= 15 is 0 Å². The maximum absolute atomic E-state index is 11.5. The van der Waals surface area contributed by atoms with Crippen molar-refractivity contribution < 1.29 is 14.0 Å². The standard InChI is InChI=1S/C10H12Cl3NO3Si/c1-18(2,3)17-8(15)5-16-10-7(12)4-6(11)9(13)14-10/h4H,5H2,1-3H3. The zero-order valence-electron chi connectivity index (χ0n) is 10.1. The molecule has 0 atom stereocenters. The Labute approximate surface area is 121 Å². The van der Waals surface area contributed by atoms with Crippen LogP contribution in [0.25, 0.3) is 0 Å². The fourth-order valence-electron chi connectivity index (χ4n) is 1.03. The van der Waals surface area contributed by atoms with E-state index in [1.165, 1.54) is 6.07 Å². The predicted molar refractivity (Wildman–Crippen MR) is 74.2 cm³/mol. The Morgan fingerprint density at radius 1 is 1.28 bits per heavy atom.